The van der Waals surface area contributed by atoms with Gasteiger partial charge in [-0.3, -0.25) is 4.79 Å². The molecule has 0 aliphatic heterocycles. The van der Waals surface area contributed by atoms with Crippen LogP contribution in [0.3, 0.4) is 0 Å². The Bertz CT molecular complexity index is 851. The first-order chi connectivity index (χ1) is 13.7. The van der Waals surface area contributed by atoms with Crippen molar-refractivity contribution in [3.05, 3.63) is 59.1 Å². The van der Waals surface area contributed by atoms with Crippen molar-refractivity contribution in [1.82, 2.24) is 0 Å². The summed E-state index contributed by atoms with van der Waals surface area (Å²) in [6, 6.07) is 14.1. The number of hydrogen-bond acceptors (Lipinski definition) is 4. The summed E-state index contributed by atoms with van der Waals surface area (Å²) in [6.45, 7) is 5.73. The Morgan fingerprint density at radius 1 is 1.14 bits per heavy atom. The molecule has 0 radical (unpaired) electrons. The van der Waals surface area contributed by atoms with Crippen LogP contribution in [0.2, 0.25) is 5.02 Å². The average Bonchev–Trinajstić information content (AvgIpc) is 2.68. The quantitative estimate of drug-likeness (QED) is 0.659. The second kappa shape index (κ2) is 9.76. The Kier molecular flexibility index (Phi) is 7.65. The molecule has 0 spiro atoms. The highest BCUT2D eigenvalue weighted by atomic mass is 35.5. The minimum atomic E-state index is -1.13. The Morgan fingerprint density at radius 3 is 2.28 bits per heavy atom. The van der Waals surface area contributed by atoms with Crippen LogP contribution in [-0.4, -0.2) is 42.3 Å². The van der Waals surface area contributed by atoms with Gasteiger partial charge in [-0.15, -0.1) is 0 Å². The molecular formula is C22H26ClNO5. The topological polar surface area (TPSA) is 76.1 Å². The lowest BCUT2D eigenvalue weighted by atomic mass is 10.1. The predicted octanol–water partition coefficient (Wildman–Crippen LogP) is 4.19. The van der Waals surface area contributed by atoms with Gasteiger partial charge >= 0.3 is 5.97 Å². The van der Waals surface area contributed by atoms with Crippen molar-refractivity contribution in [1.29, 1.82) is 0 Å². The van der Waals surface area contributed by atoms with E-state index in [9.17, 15) is 9.59 Å². The smallest absolute Gasteiger partial charge is 0.333 e. The van der Waals surface area contributed by atoms with Crippen molar-refractivity contribution < 1.29 is 24.2 Å². The number of halogens is 1. The number of amides is 1. The third-order valence-electron chi connectivity index (χ3n) is 4.50. The average molecular weight is 420 g/mol. The van der Waals surface area contributed by atoms with E-state index in [0.717, 1.165) is 5.56 Å². The summed E-state index contributed by atoms with van der Waals surface area (Å²) < 4.78 is 10.9. The highest BCUT2D eigenvalue weighted by molar-refractivity contribution is 6.33. The van der Waals surface area contributed by atoms with Crippen molar-refractivity contribution in [3.8, 4) is 5.75 Å². The molecule has 2 rings (SSSR count). The van der Waals surface area contributed by atoms with Crippen molar-refractivity contribution in [2.75, 3.05) is 18.6 Å². The number of methoxy groups -OCH3 is 1. The molecular weight excluding hydrogens is 394 g/mol. The van der Waals surface area contributed by atoms with E-state index in [1.165, 1.54) is 7.11 Å². The molecule has 1 amide bonds. The minimum Gasteiger partial charge on any atom is -0.479 e. The zero-order chi connectivity index (χ0) is 21.6. The Balaban J connectivity index is 2.14. The van der Waals surface area contributed by atoms with Gasteiger partial charge in [0.05, 0.1) is 10.7 Å². The zero-order valence-electron chi connectivity index (χ0n) is 17.0. The fourth-order valence-electron chi connectivity index (χ4n) is 2.94. The van der Waals surface area contributed by atoms with Crippen molar-refractivity contribution in [2.45, 2.75) is 38.9 Å². The number of benzene rings is 2. The number of aliphatic carboxylic acids is 1. The lowest BCUT2D eigenvalue weighted by Crippen LogP contribution is -2.49. The molecule has 0 unspecified atom stereocenters. The summed E-state index contributed by atoms with van der Waals surface area (Å²) in [5.74, 6) is -0.729. The number of rotatable bonds is 9. The monoisotopic (exact) mass is 419 g/mol. The van der Waals surface area contributed by atoms with Crippen LogP contribution in [0.15, 0.2) is 48.5 Å². The third kappa shape index (κ3) is 5.71. The van der Waals surface area contributed by atoms with E-state index in [1.807, 2.05) is 19.1 Å². The SMILES string of the molecule is CCN(C(=O)C(C)(C)Oc1ccc(C[C@H](OC)C(=O)O)cc1)c1ccccc1Cl. The highest BCUT2D eigenvalue weighted by Crippen LogP contribution is 2.29. The normalized spacial score (nSPS) is 12.3. The lowest BCUT2D eigenvalue weighted by Gasteiger charge is -2.32. The van der Waals surface area contributed by atoms with Crippen molar-refractivity contribution in [3.63, 3.8) is 0 Å². The number of likely N-dealkylation sites (N-methyl/N-ethyl adjacent to an activating group) is 1. The second-order valence-electron chi connectivity index (χ2n) is 7.02. The third-order valence-corrected chi connectivity index (χ3v) is 4.82. The summed E-state index contributed by atoms with van der Waals surface area (Å²) in [5.41, 5.74) is 0.294. The van der Waals surface area contributed by atoms with Crippen LogP contribution in [0.25, 0.3) is 0 Å². The second-order valence-corrected chi connectivity index (χ2v) is 7.43. The predicted molar refractivity (Wildman–Crippen MR) is 113 cm³/mol. The molecule has 6 nitrogen and oxygen atoms in total. The number of carboxylic acids is 1. The van der Waals surface area contributed by atoms with Gasteiger partial charge in [0.1, 0.15) is 5.75 Å². The fraction of sp³-hybridized carbons (Fsp3) is 0.364. The van der Waals surface area contributed by atoms with Gasteiger partial charge in [0, 0.05) is 20.1 Å². The van der Waals surface area contributed by atoms with E-state index in [0.29, 0.717) is 23.0 Å². The molecule has 0 saturated carbocycles. The molecule has 2 aromatic rings. The maximum Gasteiger partial charge on any atom is 0.333 e. The van der Waals surface area contributed by atoms with Gasteiger partial charge in [0.15, 0.2) is 11.7 Å². The van der Waals surface area contributed by atoms with Crippen LogP contribution in [0, 0.1) is 0 Å². The molecule has 0 fully saturated rings. The van der Waals surface area contributed by atoms with E-state index in [-0.39, 0.29) is 12.3 Å². The number of hydrogen-bond donors (Lipinski definition) is 1. The van der Waals surface area contributed by atoms with Crippen LogP contribution < -0.4 is 9.64 Å². The maximum atomic E-state index is 13.1. The molecule has 0 aromatic heterocycles. The summed E-state index contributed by atoms with van der Waals surface area (Å²) in [7, 11) is 1.36. The summed E-state index contributed by atoms with van der Waals surface area (Å²) in [4.78, 5) is 25.8. The standard InChI is InChI=1S/C22H26ClNO5/c1-5-24(18-9-7-6-8-17(18)23)21(27)22(2,3)29-16-12-10-15(11-13-16)14-19(28-4)20(25)26/h6-13,19H,5,14H2,1-4H3,(H,25,26)/t19-/m0/s1. The molecule has 0 aliphatic carbocycles. The number of carboxylic acid groups (broad SMARTS) is 1. The molecule has 0 aliphatic rings. The number of nitrogens with zero attached hydrogens (tertiary/aromatic N) is 1. The van der Waals surface area contributed by atoms with E-state index in [1.54, 1.807) is 55.1 Å². The van der Waals surface area contributed by atoms with Crippen molar-refractivity contribution in [2.24, 2.45) is 0 Å². The number of para-hydroxylation sites is 1. The summed E-state index contributed by atoms with van der Waals surface area (Å²) in [6.07, 6.45) is -0.668. The molecule has 7 heteroatoms. The van der Waals surface area contributed by atoms with E-state index in [2.05, 4.69) is 0 Å². The number of carbonyl (C=O) groups is 2. The first kappa shape index (κ1) is 22.7. The van der Waals surface area contributed by atoms with Crippen LogP contribution in [0.1, 0.15) is 26.3 Å². The molecule has 2 aromatic carbocycles. The zero-order valence-corrected chi connectivity index (χ0v) is 17.8. The lowest BCUT2D eigenvalue weighted by molar-refractivity contribution is -0.148. The largest absolute Gasteiger partial charge is 0.479 e. The summed E-state index contributed by atoms with van der Waals surface area (Å²) >= 11 is 6.26. The molecule has 1 N–H and O–H groups in total. The fourth-order valence-corrected chi connectivity index (χ4v) is 3.17. The van der Waals surface area contributed by atoms with Gasteiger partial charge in [-0.05, 0) is 50.6 Å². The Labute approximate surface area is 176 Å². The Hall–Kier alpha value is -2.57. The van der Waals surface area contributed by atoms with E-state index in [4.69, 9.17) is 26.2 Å². The van der Waals surface area contributed by atoms with Gasteiger partial charge in [-0.2, -0.15) is 0 Å². The van der Waals surface area contributed by atoms with Crippen LogP contribution >= 0.6 is 11.6 Å². The molecule has 1 atom stereocenters. The van der Waals surface area contributed by atoms with Gasteiger partial charge in [-0.1, -0.05) is 35.9 Å². The molecule has 29 heavy (non-hydrogen) atoms. The number of carbonyl (C=O) groups excluding carboxylic acids is 1. The van der Waals surface area contributed by atoms with Crippen molar-refractivity contribution >= 4 is 29.2 Å². The Morgan fingerprint density at radius 2 is 1.76 bits per heavy atom. The number of anilines is 1. The first-order valence-corrected chi connectivity index (χ1v) is 9.67. The molecule has 156 valence electrons. The highest BCUT2D eigenvalue weighted by Gasteiger charge is 2.35. The molecule has 0 heterocycles. The van der Waals surface area contributed by atoms with Gasteiger partial charge in [0.2, 0.25) is 0 Å². The molecule has 0 saturated heterocycles. The first-order valence-electron chi connectivity index (χ1n) is 9.29. The van der Waals surface area contributed by atoms with Crippen LogP contribution in [0.4, 0.5) is 5.69 Å². The van der Waals surface area contributed by atoms with E-state index < -0.39 is 17.7 Å². The minimum absolute atomic E-state index is 0.220. The van der Waals surface area contributed by atoms with Gasteiger partial charge in [-0.25, -0.2) is 4.79 Å². The number of ether oxygens (including phenoxy) is 2. The maximum absolute atomic E-state index is 13.1. The summed E-state index contributed by atoms with van der Waals surface area (Å²) in [5, 5.41) is 9.59. The molecule has 0 bridgehead atoms. The van der Waals surface area contributed by atoms with Crippen LogP contribution in [-0.2, 0) is 20.7 Å². The van der Waals surface area contributed by atoms with Gasteiger partial charge in [0.25, 0.3) is 5.91 Å². The van der Waals surface area contributed by atoms with E-state index >= 15 is 0 Å². The van der Waals surface area contributed by atoms with Gasteiger partial charge < -0.3 is 19.5 Å². The van der Waals surface area contributed by atoms with Crippen LogP contribution in [0.5, 0.6) is 5.75 Å².